The summed E-state index contributed by atoms with van der Waals surface area (Å²) in [5, 5.41) is 9.07. The van der Waals surface area contributed by atoms with Crippen molar-refractivity contribution in [2.24, 2.45) is 5.41 Å². The lowest BCUT2D eigenvalue weighted by Gasteiger charge is -2.37. The van der Waals surface area contributed by atoms with Crippen LogP contribution in [0, 0.1) is 5.41 Å². The predicted molar refractivity (Wildman–Crippen MR) is 45.8 cm³/mol. The van der Waals surface area contributed by atoms with Crippen LogP contribution in [0.25, 0.3) is 0 Å². The van der Waals surface area contributed by atoms with E-state index in [4.69, 9.17) is 14.6 Å². The highest BCUT2D eigenvalue weighted by Gasteiger charge is 2.34. The number of hydrogen-bond acceptors (Lipinski definition) is 3. The van der Waals surface area contributed by atoms with Crippen molar-refractivity contribution in [2.75, 3.05) is 13.2 Å². The Morgan fingerprint density at radius 1 is 1.50 bits per heavy atom. The van der Waals surface area contributed by atoms with Gasteiger partial charge in [-0.25, -0.2) is 0 Å². The molecule has 2 atom stereocenters. The number of rotatable bonds is 2. The first kappa shape index (κ1) is 9.96. The number of ether oxygens (including phenoxy) is 2. The van der Waals surface area contributed by atoms with Crippen molar-refractivity contribution in [1.82, 2.24) is 0 Å². The molecule has 0 amide bonds. The highest BCUT2D eigenvalue weighted by molar-refractivity contribution is 4.75. The van der Waals surface area contributed by atoms with Gasteiger partial charge in [-0.2, -0.15) is 0 Å². The van der Waals surface area contributed by atoms with Gasteiger partial charge in [-0.3, -0.25) is 0 Å². The third-order valence-corrected chi connectivity index (χ3v) is 2.20. The monoisotopic (exact) mass is 174 g/mol. The van der Waals surface area contributed by atoms with Gasteiger partial charge in [0.25, 0.3) is 0 Å². The topological polar surface area (TPSA) is 38.7 Å². The van der Waals surface area contributed by atoms with Crippen molar-refractivity contribution in [3.05, 3.63) is 0 Å². The molecule has 0 aliphatic carbocycles. The summed E-state index contributed by atoms with van der Waals surface area (Å²) >= 11 is 0. The van der Waals surface area contributed by atoms with Crippen molar-refractivity contribution in [1.29, 1.82) is 0 Å². The Balaban J connectivity index is 2.50. The van der Waals surface area contributed by atoms with E-state index >= 15 is 0 Å². The smallest absolute Gasteiger partial charge is 0.165 e. The molecule has 12 heavy (non-hydrogen) atoms. The standard InChI is InChI=1S/C9H18O3/c1-7-4-5-11-8(12-7)9(2,3)6-10/h7-8,10H,4-6H2,1-3H3. The minimum absolute atomic E-state index is 0.0877. The van der Waals surface area contributed by atoms with Gasteiger partial charge in [0, 0.05) is 5.41 Å². The molecule has 0 saturated carbocycles. The normalized spacial score (nSPS) is 32.0. The van der Waals surface area contributed by atoms with Gasteiger partial charge in [-0.15, -0.1) is 0 Å². The van der Waals surface area contributed by atoms with E-state index in [1.54, 1.807) is 0 Å². The molecule has 1 rings (SSSR count). The first-order valence-corrected chi connectivity index (χ1v) is 4.44. The molecular weight excluding hydrogens is 156 g/mol. The zero-order chi connectivity index (χ0) is 9.19. The minimum Gasteiger partial charge on any atom is -0.396 e. The molecule has 3 nitrogen and oxygen atoms in total. The van der Waals surface area contributed by atoms with Gasteiger partial charge in [0.05, 0.1) is 19.3 Å². The second-order valence-corrected chi connectivity index (χ2v) is 4.08. The number of aliphatic hydroxyl groups excluding tert-OH is 1. The SMILES string of the molecule is CC1CCOC(C(C)(C)CO)O1. The van der Waals surface area contributed by atoms with Crippen LogP contribution >= 0.6 is 0 Å². The molecule has 1 aliphatic heterocycles. The summed E-state index contributed by atoms with van der Waals surface area (Å²) in [7, 11) is 0. The molecule has 72 valence electrons. The van der Waals surface area contributed by atoms with E-state index in [2.05, 4.69) is 0 Å². The van der Waals surface area contributed by atoms with Gasteiger partial charge < -0.3 is 14.6 Å². The first-order valence-electron chi connectivity index (χ1n) is 4.44. The van der Waals surface area contributed by atoms with Crippen LogP contribution in [0.3, 0.4) is 0 Å². The summed E-state index contributed by atoms with van der Waals surface area (Å²) < 4.78 is 11.0. The summed E-state index contributed by atoms with van der Waals surface area (Å²) in [6.45, 7) is 6.73. The fraction of sp³-hybridized carbons (Fsp3) is 1.00. The third-order valence-electron chi connectivity index (χ3n) is 2.20. The van der Waals surface area contributed by atoms with Crippen molar-refractivity contribution >= 4 is 0 Å². The Kier molecular flexibility index (Phi) is 3.09. The summed E-state index contributed by atoms with van der Waals surface area (Å²) in [4.78, 5) is 0. The van der Waals surface area contributed by atoms with E-state index in [-0.39, 0.29) is 24.4 Å². The summed E-state index contributed by atoms with van der Waals surface area (Å²) in [5.74, 6) is 0. The maximum atomic E-state index is 9.07. The zero-order valence-electron chi connectivity index (χ0n) is 8.04. The average Bonchev–Trinajstić information content (AvgIpc) is 2.05. The van der Waals surface area contributed by atoms with E-state index in [1.165, 1.54) is 0 Å². The molecule has 3 heteroatoms. The van der Waals surface area contributed by atoms with Gasteiger partial charge in [-0.05, 0) is 13.3 Å². The molecular formula is C9H18O3. The molecule has 0 aromatic heterocycles. The lowest BCUT2D eigenvalue weighted by Crippen LogP contribution is -2.43. The Morgan fingerprint density at radius 2 is 2.17 bits per heavy atom. The zero-order valence-corrected chi connectivity index (χ0v) is 8.04. The fourth-order valence-electron chi connectivity index (χ4n) is 1.14. The quantitative estimate of drug-likeness (QED) is 0.682. The molecule has 1 N–H and O–H groups in total. The van der Waals surface area contributed by atoms with Crippen LogP contribution in [0.4, 0.5) is 0 Å². The molecule has 1 heterocycles. The number of hydrogen-bond donors (Lipinski definition) is 1. The maximum Gasteiger partial charge on any atom is 0.165 e. The van der Waals surface area contributed by atoms with Crippen LogP contribution < -0.4 is 0 Å². The van der Waals surface area contributed by atoms with Crippen molar-refractivity contribution in [3.8, 4) is 0 Å². The second kappa shape index (κ2) is 3.73. The van der Waals surface area contributed by atoms with Crippen molar-refractivity contribution < 1.29 is 14.6 Å². The van der Waals surface area contributed by atoms with E-state index in [9.17, 15) is 0 Å². The summed E-state index contributed by atoms with van der Waals surface area (Å²) in [6, 6.07) is 0. The van der Waals surface area contributed by atoms with Gasteiger partial charge in [-0.1, -0.05) is 13.8 Å². The van der Waals surface area contributed by atoms with Crippen LogP contribution in [-0.4, -0.2) is 30.7 Å². The maximum absolute atomic E-state index is 9.07. The molecule has 0 bridgehead atoms. The van der Waals surface area contributed by atoms with Crippen LogP contribution in [-0.2, 0) is 9.47 Å². The van der Waals surface area contributed by atoms with Gasteiger partial charge in [0.2, 0.25) is 0 Å². The molecule has 0 aromatic rings. The summed E-state index contributed by atoms with van der Waals surface area (Å²) in [5.41, 5.74) is -0.297. The van der Waals surface area contributed by atoms with Crippen LogP contribution in [0.5, 0.6) is 0 Å². The Morgan fingerprint density at radius 3 is 2.67 bits per heavy atom. The van der Waals surface area contributed by atoms with Crippen molar-refractivity contribution in [3.63, 3.8) is 0 Å². The van der Waals surface area contributed by atoms with Crippen LogP contribution in [0.15, 0.2) is 0 Å². The Labute approximate surface area is 73.7 Å². The minimum atomic E-state index is -0.297. The fourth-order valence-corrected chi connectivity index (χ4v) is 1.14. The largest absolute Gasteiger partial charge is 0.396 e. The van der Waals surface area contributed by atoms with Crippen LogP contribution in [0.2, 0.25) is 0 Å². The van der Waals surface area contributed by atoms with E-state index in [0.717, 1.165) is 13.0 Å². The second-order valence-electron chi connectivity index (χ2n) is 4.08. The van der Waals surface area contributed by atoms with Gasteiger partial charge in [0.15, 0.2) is 6.29 Å². The van der Waals surface area contributed by atoms with E-state index in [1.807, 2.05) is 20.8 Å². The summed E-state index contributed by atoms with van der Waals surface area (Å²) in [6.07, 6.45) is 0.929. The van der Waals surface area contributed by atoms with Gasteiger partial charge >= 0.3 is 0 Å². The molecule has 2 unspecified atom stereocenters. The Hall–Kier alpha value is -0.120. The van der Waals surface area contributed by atoms with Crippen LogP contribution in [0.1, 0.15) is 27.2 Å². The molecule has 1 fully saturated rings. The van der Waals surface area contributed by atoms with Gasteiger partial charge in [0.1, 0.15) is 0 Å². The van der Waals surface area contributed by atoms with E-state index < -0.39 is 0 Å². The third kappa shape index (κ3) is 2.19. The van der Waals surface area contributed by atoms with E-state index in [0.29, 0.717) is 0 Å². The Bertz CT molecular complexity index is 145. The van der Waals surface area contributed by atoms with Crippen molar-refractivity contribution in [2.45, 2.75) is 39.6 Å². The molecule has 0 aromatic carbocycles. The molecule has 0 spiro atoms. The lowest BCUT2D eigenvalue weighted by atomic mass is 9.93. The predicted octanol–water partition coefficient (Wildman–Crippen LogP) is 1.16. The first-order chi connectivity index (χ1) is 5.56. The highest BCUT2D eigenvalue weighted by atomic mass is 16.7. The lowest BCUT2D eigenvalue weighted by molar-refractivity contribution is -0.258. The number of aliphatic hydroxyl groups is 1. The molecule has 0 radical (unpaired) electrons. The highest BCUT2D eigenvalue weighted by Crippen LogP contribution is 2.28. The average molecular weight is 174 g/mol. The molecule has 1 aliphatic rings. The molecule has 1 saturated heterocycles.